The van der Waals surface area contributed by atoms with Crippen LogP contribution in [0.4, 0.5) is 0 Å². The Hall–Kier alpha value is -2.21. The van der Waals surface area contributed by atoms with Gasteiger partial charge in [0.2, 0.25) is 5.91 Å². The second kappa shape index (κ2) is 7.35. The maximum Gasteiger partial charge on any atom is 0.309 e. The van der Waals surface area contributed by atoms with Crippen molar-refractivity contribution >= 4 is 23.2 Å². The molecule has 0 saturated carbocycles. The van der Waals surface area contributed by atoms with Gasteiger partial charge in [-0.1, -0.05) is 29.8 Å². The first-order valence-electron chi connectivity index (χ1n) is 8.17. The second-order valence-electron chi connectivity index (χ2n) is 6.99. The van der Waals surface area contributed by atoms with Crippen molar-refractivity contribution in [2.45, 2.75) is 47.1 Å². The molecule has 1 unspecified atom stereocenters. The summed E-state index contributed by atoms with van der Waals surface area (Å²) in [5.74, 6) is -1.25. The monoisotopic (exact) mass is 360 g/mol. The number of thiazole rings is 1. The Bertz CT molecular complexity index is 778. The molecule has 0 aliphatic carbocycles. The molecule has 2 N–H and O–H groups in total. The van der Waals surface area contributed by atoms with Gasteiger partial charge in [-0.3, -0.25) is 9.59 Å². The zero-order valence-corrected chi connectivity index (χ0v) is 16.0. The molecule has 1 amide bonds. The van der Waals surface area contributed by atoms with Crippen LogP contribution in [0.3, 0.4) is 0 Å². The maximum absolute atomic E-state index is 12.2. The van der Waals surface area contributed by atoms with Crippen LogP contribution in [-0.4, -0.2) is 22.0 Å². The zero-order chi connectivity index (χ0) is 18.8. The number of nitrogens with one attached hydrogen (secondary N) is 1. The predicted octanol–water partition coefficient (Wildman–Crippen LogP) is 4.11. The quantitative estimate of drug-likeness (QED) is 0.813. The van der Waals surface area contributed by atoms with Crippen LogP contribution in [-0.2, 0) is 9.59 Å². The van der Waals surface area contributed by atoms with Crippen LogP contribution in [0.2, 0.25) is 0 Å². The molecule has 1 atom stereocenters. The highest BCUT2D eigenvalue weighted by Gasteiger charge is 2.31. The van der Waals surface area contributed by atoms with Crippen LogP contribution < -0.4 is 5.32 Å². The lowest BCUT2D eigenvalue weighted by molar-refractivity contribution is -0.149. The molecule has 1 aromatic carbocycles. The number of hydrogen-bond donors (Lipinski definition) is 2. The lowest BCUT2D eigenvalue weighted by atomic mass is 9.89. The van der Waals surface area contributed by atoms with Crippen molar-refractivity contribution < 1.29 is 14.7 Å². The highest BCUT2D eigenvalue weighted by molar-refractivity contribution is 7.15. The summed E-state index contributed by atoms with van der Waals surface area (Å²) < 4.78 is 0. The largest absolute Gasteiger partial charge is 0.481 e. The lowest BCUT2D eigenvalue weighted by Crippen LogP contribution is -2.34. The highest BCUT2D eigenvalue weighted by atomic mass is 32.1. The van der Waals surface area contributed by atoms with Crippen LogP contribution in [0.15, 0.2) is 24.3 Å². The minimum absolute atomic E-state index is 0.0602. The fourth-order valence-corrected chi connectivity index (χ4v) is 3.54. The van der Waals surface area contributed by atoms with Crippen molar-refractivity contribution in [1.29, 1.82) is 0 Å². The molecule has 2 aromatic rings. The minimum atomic E-state index is -1.08. The van der Waals surface area contributed by atoms with Crippen molar-refractivity contribution in [2.24, 2.45) is 5.41 Å². The van der Waals surface area contributed by atoms with E-state index in [1.54, 1.807) is 25.2 Å². The standard InChI is InChI=1S/C19H24N2O3S/c1-11-6-8-14(9-7-11)17-21-13(3)16(25-17)12(2)20-15(22)10-19(4,5)18(23)24/h6-9,12H,10H2,1-5H3,(H,20,22)(H,23,24). The van der Waals surface area contributed by atoms with Crippen molar-refractivity contribution in [3.8, 4) is 10.6 Å². The van der Waals surface area contributed by atoms with Gasteiger partial charge in [-0.2, -0.15) is 0 Å². The smallest absolute Gasteiger partial charge is 0.309 e. The number of amides is 1. The number of hydrogen-bond acceptors (Lipinski definition) is 4. The molecule has 0 aliphatic heterocycles. The highest BCUT2D eigenvalue weighted by Crippen LogP contribution is 2.32. The molecule has 5 nitrogen and oxygen atoms in total. The zero-order valence-electron chi connectivity index (χ0n) is 15.2. The molecule has 0 radical (unpaired) electrons. The van der Waals surface area contributed by atoms with Crippen molar-refractivity contribution in [3.63, 3.8) is 0 Å². The number of benzene rings is 1. The molecule has 1 heterocycles. The Balaban J connectivity index is 2.12. The van der Waals surface area contributed by atoms with E-state index in [1.165, 1.54) is 5.56 Å². The molecule has 0 spiro atoms. The van der Waals surface area contributed by atoms with Gasteiger partial charge >= 0.3 is 5.97 Å². The van der Waals surface area contributed by atoms with Gasteiger partial charge in [-0.05, 0) is 34.6 Å². The molecule has 6 heteroatoms. The van der Waals surface area contributed by atoms with Gasteiger partial charge in [0.15, 0.2) is 0 Å². The Kier molecular flexibility index (Phi) is 5.62. The van der Waals surface area contributed by atoms with Crippen molar-refractivity contribution in [1.82, 2.24) is 10.3 Å². The van der Waals surface area contributed by atoms with E-state index in [4.69, 9.17) is 5.11 Å². The van der Waals surface area contributed by atoms with Gasteiger partial charge in [-0.15, -0.1) is 11.3 Å². The molecule has 25 heavy (non-hydrogen) atoms. The van der Waals surface area contributed by atoms with Gasteiger partial charge in [-0.25, -0.2) is 4.98 Å². The molecular formula is C19H24N2O3S. The van der Waals surface area contributed by atoms with Gasteiger partial charge in [0, 0.05) is 12.0 Å². The number of aryl methyl sites for hydroxylation is 2. The maximum atomic E-state index is 12.2. The fraction of sp³-hybridized carbons (Fsp3) is 0.421. The van der Waals surface area contributed by atoms with Crippen molar-refractivity contribution in [3.05, 3.63) is 40.4 Å². The molecular weight excluding hydrogens is 336 g/mol. The number of rotatable bonds is 6. The Morgan fingerprint density at radius 3 is 2.40 bits per heavy atom. The van der Waals surface area contributed by atoms with Crippen LogP contribution in [0.1, 0.15) is 49.4 Å². The number of carbonyl (C=O) groups is 2. The van der Waals surface area contributed by atoms with E-state index < -0.39 is 11.4 Å². The summed E-state index contributed by atoms with van der Waals surface area (Å²) in [4.78, 5) is 28.9. The molecule has 134 valence electrons. The van der Waals surface area contributed by atoms with E-state index in [0.29, 0.717) is 0 Å². The SMILES string of the molecule is Cc1ccc(-c2nc(C)c(C(C)NC(=O)CC(C)(C)C(=O)O)s2)cc1. The molecule has 0 saturated heterocycles. The molecule has 0 bridgehead atoms. The molecule has 0 fully saturated rings. The first-order valence-corrected chi connectivity index (χ1v) is 8.99. The summed E-state index contributed by atoms with van der Waals surface area (Å²) in [5, 5.41) is 13.0. The topological polar surface area (TPSA) is 79.3 Å². The van der Waals surface area contributed by atoms with Crippen molar-refractivity contribution in [2.75, 3.05) is 0 Å². The van der Waals surface area contributed by atoms with E-state index >= 15 is 0 Å². The summed E-state index contributed by atoms with van der Waals surface area (Å²) in [6.07, 6.45) is -0.0602. The summed E-state index contributed by atoms with van der Waals surface area (Å²) in [6.45, 7) is 8.96. The number of aromatic nitrogens is 1. The minimum Gasteiger partial charge on any atom is -0.481 e. The summed E-state index contributed by atoms with van der Waals surface area (Å²) in [6, 6.07) is 7.95. The molecule has 0 aliphatic rings. The first-order chi connectivity index (χ1) is 11.6. The van der Waals surface area contributed by atoms with Gasteiger partial charge < -0.3 is 10.4 Å². The summed E-state index contributed by atoms with van der Waals surface area (Å²) >= 11 is 1.55. The third kappa shape index (κ3) is 4.66. The van der Waals surface area contributed by atoms with Crippen LogP contribution in [0.5, 0.6) is 0 Å². The fourth-order valence-electron chi connectivity index (χ4n) is 2.46. The normalized spacial score (nSPS) is 12.7. The van der Waals surface area contributed by atoms with Gasteiger partial charge in [0.1, 0.15) is 5.01 Å². The van der Waals surface area contributed by atoms with Crippen LogP contribution in [0, 0.1) is 19.3 Å². The molecule has 2 rings (SSSR count). The van der Waals surface area contributed by atoms with Crippen LogP contribution >= 0.6 is 11.3 Å². The van der Waals surface area contributed by atoms with E-state index in [9.17, 15) is 9.59 Å². The summed E-state index contributed by atoms with van der Waals surface area (Å²) in [7, 11) is 0. The average Bonchev–Trinajstić information content (AvgIpc) is 2.89. The number of aliphatic carboxylic acids is 1. The number of carboxylic acid groups (broad SMARTS) is 1. The average molecular weight is 360 g/mol. The Morgan fingerprint density at radius 2 is 1.84 bits per heavy atom. The van der Waals surface area contributed by atoms with E-state index in [0.717, 1.165) is 21.1 Å². The number of nitrogens with zero attached hydrogens (tertiary/aromatic N) is 1. The molecule has 1 aromatic heterocycles. The summed E-state index contributed by atoms with van der Waals surface area (Å²) in [5.41, 5.74) is 2.04. The third-order valence-electron chi connectivity index (χ3n) is 4.08. The van der Waals surface area contributed by atoms with E-state index in [-0.39, 0.29) is 18.4 Å². The van der Waals surface area contributed by atoms with Crippen LogP contribution in [0.25, 0.3) is 10.6 Å². The van der Waals surface area contributed by atoms with Gasteiger partial charge in [0.05, 0.1) is 22.0 Å². The second-order valence-corrected chi connectivity index (χ2v) is 8.02. The van der Waals surface area contributed by atoms with Gasteiger partial charge in [0.25, 0.3) is 0 Å². The Labute approximate surface area is 152 Å². The van der Waals surface area contributed by atoms with E-state index in [2.05, 4.69) is 10.3 Å². The number of carbonyl (C=O) groups excluding carboxylic acids is 1. The third-order valence-corrected chi connectivity index (χ3v) is 5.47. The lowest BCUT2D eigenvalue weighted by Gasteiger charge is -2.20. The first kappa shape index (κ1) is 19.1. The number of carboxylic acids is 1. The van der Waals surface area contributed by atoms with E-state index in [1.807, 2.05) is 45.0 Å². The Morgan fingerprint density at radius 1 is 1.24 bits per heavy atom. The predicted molar refractivity (Wildman–Crippen MR) is 99.6 cm³/mol.